The van der Waals surface area contributed by atoms with Crippen molar-refractivity contribution in [2.24, 2.45) is 0 Å². The van der Waals surface area contributed by atoms with Crippen LogP contribution in [0.2, 0.25) is 5.15 Å². The fourth-order valence-electron chi connectivity index (χ4n) is 2.50. The first-order valence-corrected chi connectivity index (χ1v) is 8.78. The molecule has 0 bridgehead atoms. The van der Waals surface area contributed by atoms with Gasteiger partial charge in [-0.2, -0.15) is 0 Å². The molecule has 2 aromatic carbocycles. The Kier molecular flexibility index (Phi) is 6.29. The lowest BCUT2D eigenvalue weighted by Crippen LogP contribution is -2.03. The Bertz CT molecular complexity index is 851. The number of aromatic nitrogens is 1. The van der Waals surface area contributed by atoms with E-state index in [1.165, 1.54) is 0 Å². The number of pyridine rings is 1. The fraction of sp³-hybridized carbons (Fsp3) is 0.136. The quantitative estimate of drug-likeness (QED) is 0.383. The van der Waals surface area contributed by atoms with Crippen LogP contribution >= 0.6 is 11.6 Å². The first-order valence-electron chi connectivity index (χ1n) is 8.40. The molecule has 0 spiro atoms. The van der Waals surface area contributed by atoms with Gasteiger partial charge in [-0.3, -0.25) is 0 Å². The second-order valence-corrected chi connectivity index (χ2v) is 6.13. The van der Waals surface area contributed by atoms with E-state index >= 15 is 0 Å². The van der Waals surface area contributed by atoms with Gasteiger partial charge in [-0.05, 0) is 17.5 Å². The highest BCUT2D eigenvalue weighted by Crippen LogP contribution is 2.31. The van der Waals surface area contributed by atoms with Crippen LogP contribution in [0.25, 0.3) is 0 Å². The molecule has 3 nitrogen and oxygen atoms in total. The molecule has 0 saturated carbocycles. The molecule has 0 aliphatic rings. The molecule has 0 atom stereocenters. The zero-order valence-corrected chi connectivity index (χ0v) is 15.2. The Morgan fingerprint density at radius 3 is 2.04 bits per heavy atom. The largest absolute Gasteiger partial charge is 0.488 e. The first kappa shape index (κ1) is 18.0. The summed E-state index contributed by atoms with van der Waals surface area (Å²) in [7, 11) is 0. The third kappa shape index (κ3) is 4.87. The van der Waals surface area contributed by atoms with Crippen molar-refractivity contribution in [2.75, 3.05) is 0 Å². The molecule has 0 radical (unpaired) electrons. The Balaban J connectivity index is 1.78. The summed E-state index contributed by atoms with van der Waals surface area (Å²) >= 11 is 6.36. The van der Waals surface area contributed by atoms with Gasteiger partial charge >= 0.3 is 0 Å². The van der Waals surface area contributed by atoms with E-state index < -0.39 is 0 Å². The van der Waals surface area contributed by atoms with Gasteiger partial charge in [0, 0.05) is 11.6 Å². The van der Waals surface area contributed by atoms with Crippen LogP contribution in [-0.4, -0.2) is 4.98 Å². The molecule has 0 saturated heterocycles. The molecule has 0 aliphatic heterocycles. The van der Waals surface area contributed by atoms with Crippen LogP contribution in [0.4, 0.5) is 0 Å². The maximum absolute atomic E-state index is 6.36. The zero-order chi connectivity index (χ0) is 18.2. The lowest BCUT2D eigenvalue weighted by atomic mass is 10.2. The highest BCUT2D eigenvalue weighted by atomic mass is 35.5. The number of halogens is 1. The van der Waals surface area contributed by atoms with Gasteiger partial charge in [-0.15, -0.1) is 6.58 Å². The highest BCUT2D eigenvalue weighted by molar-refractivity contribution is 6.30. The van der Waals surface area contributed by atoms with Crippen molar-refractivity contribution in [1.29, 1.82) is 0 Å². The van der Waals surface area contributed by atoms with Gasteiger partial charge in [0.2, 0.25) is 5.88 Å². The number of rotatable bonds is 8. The van der Waals surface area contributed by atoms with Gasteiger partial charge < -0.3 is 9.47 Å². The van der Waals surface area contributed by atoms with Crippen molar-refractivity contribution in [3.63, 3.8) is 0 Å². The minimum Gasteiger partial charge on any atom is -0.488 e. The summed E-state index contributed by atoms with van der Waals surface area (Å²) in [6.45, 7) is 4.65. The smallest absolute Gasteiger partial charge is 0.218 e. The molecule has 3 rings (SSSR count). The van der Waals surface area contributed by atoms with Crippen LogP contribution in [0, 0.1) is 0 Å². The van der Waals surface area contributed by atoms with Crippen LogP contribution in [0.3, 0.4) is 0 Å². The number of benzene rings is 2. The minimum atomic E-state index is 0.374. The summed E-state index contributed by atoms with van der Waals surface area (Å²) in [5.74, 6) is 1.10. The summed E-state index contributed by atoms with van der Waals surface area (Å²) in [6.07, 6.45) is 2.36. The SMILES string of the molecule is C=CCc1c(OCc2ccccc2)cc(OCc2ccccc2)nc1Cl. The normalized spacial score (nSPS) is 10.3. The van der Waals surface area contributed by atoms with E-state index in [1.54, 1.807) is 12.1 Å². The Morgan fingerprint density at radius 1 is 0.885 bits per heavy atom. The number of hydrogen-bond acceptors (Lipinski definition) is 3. The van der Waals surface area contributed by atoms with E-state index in [4.69, 9.17) is 21.1 Å². The van der Waals surface area contributed by atoms with Crippen LogP contribution in [0.15, 0.2) is 79.4 Å². The first-order chi connectivity index (χ1) is 12.8. The van der Waals surface area contributed by atoms with Gasteiger partial charge in [-0.25, -0.2) is 4.98 Å². The van der Waals surface area contributed by atoms with Gasteiger partial charge in [0.1, 0.15) is 24.1 Å². The Hall–Kier alpha value is -2.78. The monoisotopic (exact) mass is 365 g/mol. The van der Waals surface area contributed by atoms with E-state index in [-0.39, 0.29) is 0 Å². The summed E-state index contributed by atoms with van der Waals surface area (Å²) in [6, 6.07) is 21.7. The summed E-state index contributed by atoms with van der Waals surface area (Å²) in [4.78, 5) is 4.34. The molecular weight excluding hydrogens is 346 g/mol. The number of ether oxygens (including phenoxy) is 2. The second kappa shape index (κ2) is 9.07. The number of nitrogens with zero attached hydrogens (tertiary/aromatic N) is 1. The zero-order valence-electron chi connectivity index (χ0n) is 14.4. The van der Waals surface area contributed by atoms with Crippen LogP contribution in [-0.2, 0) is 19.6 Å². The van der Waals surface area contributed by atoms with Crippen molar-refractivity contribution >= 4 is 11.6 Å². The number of hydrogen-bond donors (Lipinski definition) is 0. The average molecular weight is 366 g/mol. The van der Waals surface area contributed by atoms with Crippen molar-refractivity contribution in [2.45, 2.75) is 19.6 Å². The minimum absolute atomic E-state index is 0.374. The molecule has 0 unspecified atom stereocenters. The number of allylic oxidation sites excluding steroid dienone is 1. The molecule has 0 amide bonds. The van der Waals surface area contributed by atoms with Crippen molar-refractivity contribution < 1.29 is 9.47 Å². The highest BCUT2D eigenvalue weighted by Gasteiger charge is 2.13. The molecule has 26 heavy (non-hydrogen) atoms. The van der Waals surface area contributed by atoms with Gasteiger partial charge in [0.25, 0.3) is 0 Å². The van der Waals surface area contributed by atoms with E-state index in [1.807, 2.05) is 60.7 Å². The molecular formula is C22H20ClNO2. The van der Waals surface area contributed by atoms with E-state index in [2.05, 4.69) is 11.6 Å². The van der Waals surface area contributed by atoms with Crippen molar-refractivity contribution in [1.82, 2.24) is 4.98 Å². The molecule has 0 aliphatic carbocycles. The van der Waals surface area contributed by atoms with Crippen molar-refractivity contribution in [3.8, 4) is 11.6 Å². The lowest BCUT2D eigenvalue weighted by molar-refractivity contribution is 0.280. The molecule has 0 fully saturated rings. The molecule has 1 aromatic heterocycles. The fourth-order valence-corrected chi connectivity index (χ4v) is 2.75. The van der Waals surface area contributed by atoms with Gasteiger partial charge in [0.15, 0.2) is 0 Å². The Labute approximate surface area is 158 Å². The van der Waals surface area contributed by atoms with E-state index in [9.17, 15) is 0 Å². The summed E-state index contributed by atoms with van der Waals surface area (Å²) in [5, 5.41) is 0.374. The second-order valence-electron chi connectivity index (χ2n) is 5.77. The third-order valence-electron chi connectivity index (χ3n) is 3.82. The Morgan fingerprint density at radius 2 is 1.46 bits per heavy atom. The molecule has 3 aromatic rings. The molecule has 0 N–H and O–H groups in total. The van der Waals surface area contributed by atoms with Gasteiger partial charge in [-0.1, -0.05) is 78.3 Å². The summed E-state index contributed by atoms with van der Waals surface area (Å²) in [5.41, 5.74) is 2.95. The predicted octanol–water partition coefficient (Wildman–Crippen LogP) is 5.62. The predicted molar refractivity (Wildman–Crippen MR) is 105 cm³/mol. The van der Waals surface area contributed by atoms with Gasteiger partial charge in [0.05, 0.1) is 0 Å². The summed E-state index contributed by atoms with van der Waals surface area (Å²) < 4.78 is 11.8. The maximum atomic E-state index is 6.36. The van der Waals surface area contributed by atoms with E-state index in [0.717, 1.165) is 16.7 Å². The third-order valence-corrected chi connectivity index (χ3v) is 4.14. The van der Waals surface area contributed by atoms with Crippen LogP contribution in [0.5, 0.6) is 11.6 Å². The van der Waals surface area contributed by atoms with Crippen LogP contribution < -0.4 is 9.47 Å². The van der Waals surface area contributed by atoms with Crippen molar-refractivity contribution in [3.05, 3.63) is 101 Å². The maximum Gasteiger partial charge on any atom is 0.218 e. The van der Waals surface area contributed by atoms with E-state index in [0.29, 0.717) is 36.4 Å². The molecule has 1 heterocycles. The topological polar surface area (TPSA) is 31.4 Å². The average Bonchev–Trinajstić information content (AvgIpc) is 2.68. The lowest BCUT2D eigenvalue weighted by Gasteiger charge is -2.14. The van der Waals surface area contributed by atoms with Crippen LogP contribution in [0.1, 0.15) is 16.7 Å². The molecule has 132 valence electrons. The molecule has 4 heteroatoms. The standard InChI is InChI=1S/C22H20ClNO2/c1-2-9-19-20(25-15-17-10-5-3-6-11-17)14-21(24-22(19)23)26-16-18-12-7-4-8-13-18/h2-8,10-14H,1,9,15-16H2.